The van der Waals surface area contributed by atoms with Crippen LogP contribution in [0.3, 0.4) is 0 Å². The first kappa shape index (κ1) is 15.2. The third-order valence-electron chi connectivity index (χ3n) is 2.39. The van der Waals surface area contributed by atoms with Gasteiger partial charge in [0.15, 0.2) is 0 Å². The molecule has 1 unspecified atom stereocenters. The van der Waals surface area contributed by atoms with Gasteiger partial charge in [0, 0.05) is 16.6 Å². The van der Waals surface area contributed by atoms with Crippen LogP contribution in [0.15, 0.2) is 29.8 Å². The van der Waals surface area contributed by atoms with Crippen LogP contribution < -0.4 is 4.74 Å². The van der Waals surface area contributed by atoms with E-state index in [-0.39, 0.29) is 10.4 Å². The smallest absolute Gasteiger partial charge is 0.215 e. The van der Waals surface area contributed by atoms with Gasteiger partial charge in [-0.1, -0.05) is 30.8 Å². The molecule has 98 valence electrons. The fourth-order valence-corrected chi connectivity index (χ4v) is 2.23. The van der Waals surface area contributed by atoms with E-state index in [1.165, 1.54) is 11.8 Å². The lowest BCUT2D eigenvalue weighted by molar-refractivity contribution is -0.107. The average molecular weight is 282 g/mol. The third kappa shape index (κ3) is 4.78. The molecule has 0 amide bonds. The van der Waals surface area contributed by atoms with Crippen LogP contribution in [0.1, 0.15) is 19.4 Å². The minimum absolute atomic E-state index is 0.104. The van der Waals surface area contributed by atoms with Gasteiger partial charge in [-0.05, 0) is 30.7 Å². The molecule has 1 atom stereocenters. The first-order valence-corrected chi connectivity index (χ1v) is 7.22. The Hall–Kier alpha value is -0.870. The maximum atomic E-state index is 11.9. The van der Waals surface area contributed by atoms with Crippen molar-refractivity contribution in [2.45, 2.75) is 19.1 Å². The van der Waals surface area contributed by atoms with Gasteiger partial charge in [0.2, 0.25) is 5.12 Å². The van der Waals surface area contributed by atoms with Crippen molar-refractivity contribution in [3.05, 3.63) is 35.4 Å². The molecule has 0 aliphatic rings. The zero-order valence-corrected chi connectivity index (χ0v) is 12.6. The van der Waals surface area contributed by atoms with E-state index in [9.17, 15) is 4.79 Å². The van der Waals surface area contributed by atoms with Gasteiger partial charge >= 0.3 is 0 Å². The highest BCUT2D eigenvalue weighted by molar-refractivity contribution is 8.15. The summed E-state index contributed by atoms with van der Waals surface area (Å²) in [5.41, 5.74) is 1.75. The van der Waals surface area contributed by atoms with Crippen molar-refractivity contribution in [3.63, 3.8) is 0 Å². The van der Waals surface area contributed by atoms with E-state index in [0.29, 0.717) is 5.75 Å². The Morgan fingerprint density at radius 3 is 2.56 bits per heavy atom. The summed E-state index contributed by atoms with van der Waals surface area (Å²) >= 11 is 5.50. The lowest BCUT2D eigenvalue weighted by Crippen LogP contribution is -2.04. The molecular formula is C14H18O2S2. The summed E-state index contributed by atoms with van der Waals surface area (Å²) in [6.45, 7) is 3.83. The number of methoxy groups -OCH3 is 1. The van der Waals surface area contributed by atoms with Crippen molar-refractivity contribution in [2.24, 2.45) is 0 Å². The van der Waals surface area contributed by atoms with Crippen LogP contribution in [0.4, 0.5) is 0 Å². The molecule has 0 spiro atoms. The van der Waals surface area contributed by atoms with Gasteiger partial charge in [0.1, 0.15) is 5.75 Å². The van der Waals surface area contributed by atoms with Gasteiger partial charge in [-0.2, -0.15) is 12.6 Å². The highest BCUT2D eigenvalue weighted by Crippen LogP contribution is 2.20. The molecule has 0 saturated heterocycles. The lowest BCUT2D eigenvalue weighted by Gasteiger charge is -2.06. The second-order valence-corrected chi connectivity index (χ2v) is 5.78. The molecule has 0 aliphatic heterocycles. The van der Waals surface area contributed by atoms with Crippen LogP contribution in [0, 0.1) is 0 Å². The van der Waals surface area contributed by atoms with Crippen molar-refractivity contribution in [1.29, 1.82) is 0 Å². The molecule has 0 radical (unpaired) electrons. The summed E-state index contributed by atoms with van der Waals surface area (Å²) in [6.07, 6.45) is 1.89. The maximum Gasteiger partial charge on any atom is 0.215 e. The molecule has 0 N–H and O–H groups in total. The Kier molecular flexibility index (Phi) is 6.36. The Morgan fingerprint density at radius 1 is 1.44 bits per heavy atom. The predicted molar refractivity (Wildman–Crippen MR) is 82.6 cm³/mol. The Bertz CT molecular complexity index is 424. The molecular weight excluding hydrogens is 264 g/mol. The highest BCUT2D eigenvalue weighted by atomic mass is 32.2. The number of thiol groups is 1. The number of benzene rings is 1. The normalized spacial score (nSPS) is 13.2. The molecule has 0 saturated carbocycles. The summed E-state index contributed by atoms with van der Waals surface area (Å²) in [7, 11) is 1.63. The molecule has 2 nitrogen and oxygen atoms in total. The highest BCUT2D eigenvalue weighted by Gasteiger charge is 2.10. The standard InChI is InChI=1S/C14H18O2S2/c1-10(14(15)18-11(2)9-17)8-12-4-6-13(16-3)7-5-12/h4-8,11,17H,9H2,1-3H3/b10-8+. The number of ether oxygens (including phenoxy) is 1. The van der Waals surface area contributed by atoms with Gasteiger partial charge in [0.05, 0.1) is 7.11 Å². The molecule has 0 bridgehead atoms. The minimum Gasteiger partial charge on any atom is -0.497 e. The van der Waals surface area contributed by atoms with E-state index >= 15 is 0 Å². The first-order valence-electron chi connectivity index (χ1n) is 5.71. The van der Waals surface area contributed by atoms with Crippen LogP contribution in [0.25, 0.3) is 6.08 Å². The first-order chi connectivity index (χ1) is 8.56. The SMILES string of the molecule is COc1ccc(/C=C(\C)C(=O)SC(C)CS)cc1. The van der Waals surface area contributed by atoms with E-state index in [1.807, 2.05) is 44.2 Å². The molecule has 1 aromatic carbocycles. The summed E-state index contributed by atoms with van der Waals surface area (Å²) in [5, 5.41) is 0.340. The number of carbonyl (C=O) groups excluding carboxylic acids is 1. The van der Waals surface area contributed by atoms with Gasteiger partial charge in [-0.25, -0.2) is 0 Å². The second-order valence-electron chi connectivity index (χ2n) is 4.00. The maximum absolute atomic E-state index is 11.9. The number of carbonyl (C=O) groups is 1. The number of thioether (sulfide) groups is 1. The van der Waals surface area contributed by atoms with Crippen molar-refractivity contribution in [1.82, 2.24) is 0 Å². The number of hydrogen-bond donors (Lipinski definition) is 1. The van der Waals surface area contributed by atoms with Crippen molar-refractivity contribution < 1.29 is 9.53 Å². The molecule has 0 aromatic heterocycles. The Labute approximate surface area is 118 Å². The molecule has 1 aromatic rings. The molecule has 1 rings (SSSR count). The van der Waals surface area contributed by atoms with Crippen LogP contribution in [-0.4, -0.2) is 23.2 Å². The molecule has 0 aliphatic carbocycles. The fraction of sp³-hybridized carbons (Fsp3) is 0.357. The van der Waals surface area contributed by atoms with E-state index in [4.69, 9.17) is 4.74 Å². The minimum atomic E-state index is 0.104. The van der Waals surface area contributed by atoms with Crippen LogP contribution >= 0.6 is 24.4 Å². The van der Waals surface area contributed by atoms with Gasteiger partial charge in [-0.3, -0.25) is 4.79 Å². The quantitative estimate of drug-likeness (QED) is 0.659. The fourth-order valence-electron chi connectivity index (χ4n) is 1.32. The molecule has 4 heteroatoms. The molecule has 18 heavy (non-hydrogen) atoms. The van der Waals surface area contributed by atoms with Gasteiger partial charge < -0.3 is 4.74 Å². The van der Waals surface area contributed by atoms with E-state index in [1.54, 1.807) is 7.11 Å². The number of hydrogen-bond acceptors (Lipinski definition) is 4. The lowest BCUT2D eigenvalue weighted by atomic mass is 10.1. The van der Waals surface area contributed by atoms with Crippen molar-refractivity contribution in [3.8, 4) is 5.75 Å². The largest absolute Gasteiger partial charge is 0.497 e. The average Bonchev–Trinajstić information content (AvgIpc) is 2.39. The van der Waals surface area contributed by atoms with Gasteiger partial charge in [-0.15, -0.1) is 0 Å². The van der Waals surface area contributed by atoms with Crippen LogP contribution in [0.2, 0.25) is 0 Å². The van der Waals surface area contributed by atoms with Crippen molar-refractivity contribution in [2.75, 3.05) is 12.9 Å². The summed E-state index contributed by atoms with van der Waals surface area (Å²) in [5.74, 6) is 1.51. The number of rotatable bonds is 5. The van der Waals surface area contributed by atoms with Gasteiger partial charge in [0.25, 0.3) is 0 Å². The third-order valence-corrected chi connectivity index (χ3v) is 4.29. The van der Waals surface area contributed by atoms with Crippen LogP contribution in [0.5, 0.6) is 5.75 Å². The summed E-state index contributed by atoms with van der Waals surface area (Å²) in [4.78, 5) is 11.9. The Balaban J connectivity index is 2.72. The molecule has 0 heterocycles. The molecule has 0 fully saturated rings. The predicted octanol–water partition coefficient (Wildman–Crippen LogP) is 3.68. The summed E-state index contributed by atoms with van der Waals surface area (Å²) < 4.78 is 5.09. The topological polar surface area (TPSA) is 26.3 Å². The zero-order valence-electron chi connectivity index (χ0n) is 10.8. The van der Waals surface area contributed by atoms with E-state index in [0.717, 1.165) is 16.9 Å². The second kappa shape index (κ2) is 7.54. The monoisotopic (exact) mass is 282 g/mol. The van der Waals surface area contributed by atoms with Crippen LogP contribution in [-0.2, 0) is 4.79 Å². The Morgan fingerprint density at radius 2 is 2.06 bits per heavy atom. The van der Waals surface area contributed by atoms with E-state index in [2.05, 4.69) is 12.6 Å². The summed E-state index contributed by atoms with van der Waals surface area (Å²) in [6, 6.07) is 7.63. The zero-order chi connectivity index (χ0) is 13.5. The van der Waals surface area contributed by atoms with Crippen molar-refractivity contribution >= 4 is 35.6 Å². The van der Waals surface area contributed by atoms with E-state index < -0.39 is 0 Å².